The lowest BCUT2D eigenvalue weighted by Crippen LogP contribution is -2.43. The number of likely N-dealkylation sites (tertiary alicyclic amines) is 1. The van der Waals surface area contributed by atoms with Gasteiger partial charge in [-0.3, -0.25) is 9.69 Å². The molecule has 1 heterocycles. The maximum atomic E-state index is 11.7. The molecule has 0 amide bonds. The summed E-state index contributed by atoms with van der Waals surface area (Å²) in [6.45, 7) is 4.30. The first kappa shape index (κ1) is 14.6. The maximum absolute atomic E-state index is 11.7. The van der Waals surface area contributed by atoms with Crippen LogP contribution in [-0.2, 0) is 4.79 Å². The number of carbonyl (C=O) groups is 1. The number of hydrogen-bond donors (Lipinski definition) is 1. The third kappa shape index (κ3) is 2.59. The summed E-state index contributed by atoms with van der Waals surface area (Å²) >= 11 is 0. The standard InChI is InChI=1S/C18H25NO2/c1-12-7-3-5-9-15(12)13(2)19-16-10-6-4-8-14(16)11-17(19)18(20)21/h3,5,7,9,13-14,16-17H,4,6,8,10-11H2,1-2H3,(H,20,21). The highest BCUT2D eigenvalue weighted by molar-refractivity contribution is 5.74. The van der Waals surface area contributed by atoms with Gasteiger partial charge in [-0.1, -0.05) is 37.1 Å². The van der Waals surface area contributed by atoms with Crippen molar-refractivity contribution in [2.45, 2.75) is 64.1 Å². The van der Waals surface area contributed by atoms with E-state index in [2.05, 4.69) is 36.9 Å². The van der Waals surface area contributed by atoms with Crippen LogP contribution >= 0.6 is 0 Å². The Balaban J connectivity index is 1.93. The van der Waals surface area contributed by atoms with Crippen molar-refractivity contribution in [3.8, 4) is 0 Å². The van der Waals surface area contributed by atoms with E-state index in [4.69, 9.17) is 0 Å². The molecule has 2 fully saturated rings. The topological polar surface area (TPSA) is 40.5 Å². The fourth-order valence-corrected chi connectivity index (χ4v) is 4.50. The van der Waals surface area contributed by atoms with Crippen molar-refractivity contribution < 1.29 is 9.90 Å². The molecule has 1 saturated heterocycles. The van der Waals surface area contributed by atoms with Crippen LogP contribution in [0.15, 0.2) is 24.3 Å². The van der Waals surface area contributed by atoms with E-state index in [0.717, 1.165) is 12.8 Å². The average Bonchev–Trinajstić information content (AvgIpc) is 2.86. The van der Waals surface area contributed by atoms with Crippen LogP contribution in [0.25, 0.3) is 0 Å². The molecule has 3 nitrogen and oxygen atoms in total. The molecule has 3 heteroatoms. The lowest BCUT2D eigenvalue weighted by molar-refractivity contribution is -0.143. The minimum Gasteiger partial charge on any atom is -0.480 e. The Hall–Kier alpha value is -1.35. The molecule has 4 atom stereocenters. The van der Waals surface area contributed by atoms with Crippen LogP contribution in [0, 0.1) is 12.8 Å². The summed E-state index contributed by atoms with van der Waals surface area (Å²) in [7, 11) is 0. The van der Waals surface area contributed by atoms with Gasteiger partial charge in [-0.15, -0.1) is 0 Å². The first-order valence-electron chi connectivity index (χ1n) is 8.15. The molecule has 1 saturated carbocycles. The van der Waals surface area contributed by atoms with Gasteiger partial charge in [-0.2, -0.15) is 0 Å². The minimum absolute atomic E-state index is 0.181. The molecule has 4 unspecified atom stereocenters. The first-order valence-corrected chi connectivity index (χ1v) is 8.15. The predicted octanol–water partition coefficient (Wildman–Crippen LogP) is 3.77. The molecule has 1 N–H and O–H groups in total. The SMILES string of the molecule is Cc1ccccc1C(C)N1C(C(=O)O)CC2CCCCC21. The van der Waals surface area contributed by atoms with E-state index >= 15 is 0 Å². The maximum Gasteiger partial charge on any atom is 0.320 e. The number of aryl methyl sites for hydroxylation is 1. The molecule has 0 bridgehead atoms. The molecule has 1 aromatic rings. The van der Waals surface area contributed by atoms with Gasteiger partial charge < -0.3 is 5.11 Å². The molecule has 1 aromatic carbocycles. The minimum atomic E-state index is -0.648. The van der Waals surface area contributed by atoms with E-state index in [1.807, 2.05) is 6.07 Å². The third-order valence-electron chi connectivity index (χ3n) is 5.51. The van der Waals surface area contributed by atoms with Crippen LogP contribution in [0.4, 0.5) is 0 Å². The monoisotopic (exact) mass is 287 g/mol. The van der Waals surface area contributed by atoms with E-state index in [-0.39, 0.29) is 12.1 Å². The van der Waals surface area contributed by atoms with Crippen molar-refractivity contribution >= 4 is 5.97 Å². The normalized spacial score (nSPS) is 30.9. The van der Waals surface area contributed by atoms with Gasteiger partial charge in [0.05, 0.1) is 0 Å². The van der Waals surface area contributed by atoms with Gasteiger partial charge in [0, 0.05) is 12.1 Å². The number of aliphatic carboxylic acids is 1. The van der Waals surface area contributed by atoms with Gasteiger partial charge in [-0.05, 0) is 50.2 Å². The second-order valence-electron chi connectivity index (χ2n) is 6.68. The van der Waals surface area contributed by atoms with Crippen molar-refractivity contribution in [1.29, 1.82) is 0 Å². The van der Waals surface area contributed by atoms with E-state index in [1.54, 1.807) is 0 Å². The summed E-state index contributed by atoms with van der Waals surface area (Å²) in [5, 5.41) is 9.65. The van der Waals surface area contributed by atoms with Gasteiger partial charge in [0.25, 0.3) is 0 Å². The lowest BCUT2D eigenvalue weighted by Gasteiger charge is -2.37. The number of carboxylic acid groups (broad SMARTS) is 1. The molecule has 1 aliphatic heterocycles. The van der Waals surface area contributed by atoms with Crippen LogP contribution in [-0.4, -0.2) is 28.1 Å². The largest absolute Gasteiger partial charge is 0.480 e. The number of benzene rings is 1. The number of carboxylic acids is 1. The second-order valence-corrected chi connectivity index (χ2v) is 6.68. The van der Waals surface area contributed by atoms with Gasteiger partial charge >= 0.3 is 5.97 Å². The second kappa shape index (κ2) is 5.80. The highest BCUT2D eigenvalue weighted by Crippen LogP contribution is 2.44. The molecule has 3 rings (SSSR count). The Bertz CT molecular complexity index is 528. The van der Waals surface area contributed by atoms with Crippen LogP contribution in [0.5, 0.6) is 0 Å². The smallest absolute Gasteiger partial charge is 0.320 e. The molecule has 0 radical (unpaired) electrons. The zero-order valence-corrected chi connectivity index (χ0v) is 13.0. The number of hydrogen-bond acceptors (Lipinski definition) is 2. The summed E-state index contributed by atoms with van der Waals surface area (Å²) in [6.07, 6.45) is 5.69. The van der Waals surface area contributed by atoms with Crippen LogP contribution in [0.3, 0.4) is 0 Å². The van der Waals surface area contributed by atoms with Crippen molar-refractivity contribution in [3.05, 3.63) is 35.4 Å². The number of fused-ring (bicyclic) bond motifs is 1. The summed E-state index contributed by atoms with van der Waals surface area (Å²) in [5.41, 5.74) is 2.53. The van der Waals surface area contributed by atoms with Gasteiger partial charge in [0.1, 0.15) is 6.04 Å². The molecule has 2 aliphatic rings. The van der Waals surface area contributed by atoms with Crippen LogP contribution in [0.1, 0.15) is 56.2 Å². The Morgan fingerprint density at radius 1 is 1.29 bits per heavy atom. The van der Waals surface area contributed by atoms with Gasteiger partial charge in [-0.25, -0.2) is 0 Å². The first-order chi connectivity index (χ1) is 10.1. The Morgan fingerprint density at radius 3 is 2.71 bits per heavy atom. The third-order valence-corrected chi connectivity index (χ3v) is 5.51. The molecule has 21 heavy (non-hydrogen) atoms. The average molecular weight is 287 g/mol. The van der Waals surface area contributed by atoms with Gasteiger partial charge in [0.2, 0.25) is 0 Å². The summed E-state index contributed by atoms with van der Waals surface area (Å²) in [5.74, 6) is -0.0730. The number of nitrogens with zero attached hydrogens (tertiary/aromatic N) is 1. The van der Waals surface area contributed by atoms with Crippen molar-refractivity contribution in [2.24, 2.45) is 5.92 Å². The van der Waals surface area contributed by atoms with Crippen molar-refractivity contribution in [1.82, 2.24) is 4.90 Å². The van der Waals surface area contributed by atoms with E-state index in [9.17, 15) is 9.90 Å². The molecular weight excluding hydrogens is 262 g/mol. The lowest BCUT2D eigenvalue weighted by atomic mass is 9.84. The zero-order chi connectivity index (χ0) is 15.0. The summed E-state index contributed by atoms with van der Waals surface area (Å²) < 4.78 is 0. The Morgan fingerprint density at radius 2 is 2.00 bits per heavy atom. The fraction of sp³-hybridized carbons (Fsp3) is 0.611. The van der Waals surface area contributed by atoms with E-state index < -0.39 is 5.97 Å². The van der Waals surface area contributed by atoms with E-state index in [0.29, 0.717) is 12.0 Å². The Kier molecular flexibility index (Phi) is 4.03. The molecule has 1 aliphatic carbocycles. The van der Waals surface area contributed by atoms with Crippen LogP contribution in [0.2, 0.25) is 0 Å². The highest BCUT2D eigenvalue weighted by Gasteiger charge is 2.47. The summed E-state index contributed by atoms with van der Waals surface area (Å²) in [6, 6.07) is 8.70. The molecule has 114 valence electrons. The zero-order valence-electron chi connectivity index (χ0n) is 13.0. The molecular formula is C18H25NO2. The summed E-state index contributed by atoms with van der Waals surface area (Å²) in [4.78, 5) is 14.0. The van der Waals surface area contributed by atoms with Crippen molar-refractivity contribution in [3.63, 3.8) is 0 Å². The quantitative estimate of drug-likeness (QED) is 0.920. The van der Waals surface area contributed by atoms with Gasteiger partial charge in [0.15, 0.2) is 0 Å². The molecule has 0 aromatic heterocycles. The highest BCUT2D eigenvalue weighted by atomic mass is 16.4. The predicted molar refractivity (Wildman–Crippen MR) is 83.2 cm³/mol. The molecule has 0 spiro atoms. The van der Waals surface area contributed by atoms with Crippen LogP contribution < -0.4 is 0 Å². The van der Waals surface area contributed by atoms with E-state index in [1.165, 1.54) is 30.4 Å². The fourth-order valence-electron chi connectivity index (χ4n) is 4.50. The van der Waals surface area contributed by atoms with Crippen molar-refractivity contribution in [2.75, 3.05) is 0 Å². The number of rotatable bonds is 3. The Labute approximate surface area is 127 Å².